The molecule has 1 saturated carbocycles. The smallest absolute Gasteiger partial charge is 0.242 e. The summed E-state index contributed by atoms with van der Waals surface area (Å²) in [6.45, 7) is 0. The molecule has 2 rings (SSSR count). The number of nitrogens with one attached hydrogen (secondary N) is 1. The Labute approximate surface area is 127 Å². The van der Waals surface area contributed by atoms with Crippen LogP contribution in [0.3, 0.4) is 0 Å². The second-order valence-corrected chi connectivity index (χ2v) is 7.32. The van der Waals surface area contributed by atoms with Gasteiger partial charge in [-0.3, -0.25) is 0 Å². The van der Waals surface area contributed by atoms with Gasteiger partial charge in [0, 0.05) is 12.1 Å². The Morgan fingerprint density at radius 2 is 1.90 bits per heavy atom. The van der Waals surface area contributed by atoms with Gasteiger partial charge in [0.05, 0.1) is 10.0 Å². The molecule has 1 aliphatic carbocycles. The molecule has 8 heteroatoms. The molecular formula is C12H15Cl2FN2O2S. The fourth-order valence-electron chi connectivity index (χ4n) is 2.28. The number of rotatable bonds is 3. The lowest BCUT2D eigenvalue weighted by atomic mass is 9.92. The molecule has 0 radical (unpaired) electrons. The first-order valence-electron chi connectivity index (χ1n) is 6.24. The minimum absolute atomic E-state index is 0.219. The molecule has 0 bridgehead atoms. The maximum absolute atomic E-state index is 13.6. The Morgan fingerprint density at radius 1 is 1.25 bits per heavy atom. The highest BCUT2D eigenvalue weighted by molar-refractivity contribution is 7.89. The van der Waals surface area contributed by atoms with Gasteiger partial charge in [-0.1, -0.05) is 36.0 Å². The maximum Gasteiger partial charge on any atom is 0.242 e. The molecule has 2 unspecified atom stereocenters. The maximum atomic E-state index is 13.6. The lowest BCUT2D eigenvalue weighted by Crippen LogP contribution is -2.49. The molecule has 0 heterocycles. The van der Waals surface area contributed by atoms with E-state index in [2.05, 4.69) is 4.72 Å². The zero-order chi connectivity index (χ0) is 14.9. The normalized spacial score (nSPS) is 23.8. The van der Waals surface area contributed by atoms with Crippen LogP contribution >= 0.6 is 23.2 Å². The van der Waals surface area contributed by atoms with Crippen molar-refractivity contribution in [1.82, 2.24) is 4.72 Å². The van der Waals surface area contributed by atoms with Crippen LogP contribution in [0.4, 0.5) is 4.39 Å². The zero-order valence-corrected chi connectivity index (χ0v) is 12.9. The average Bonchev–Trinajstić information content (AvgIpc) is 2.38. The summed E-state index contributed by atoms with van der Waals surface area (Å²) < 4.78 is 40.6. The van der Waals surface area contributed by atoms with E-state index >= 15 is 0 Å². The SMILES string of the molecule is NC1CCCCC1NS(=O)(=O)c1ccc(Cl)c(F)c1Cl. The van der Waals surface area contributed by atoms with Crippen LogP contribution < -0.4 is 10.5 Å². The van der Waals surface area contributed by atoms with Crippen LogP contribution in [0.5, 0.6) is 0 Å². The van der Waals surface area contributed by atoms with Gasteiger partial charge in [0.25, 0.3) is 0 Å². The Morgan fingerprint density at radius 3 is 2.55 bits per heavy atom. The molecule has 0 amide bonds. The fourth-order valence-corrected chi connectivity index (χ4v) is 4.35. The standard InChI is InChI=1S/C12H15Cl2FN2O2S/c13-7-5-6-10(11(14)12(7)15)20(18,19)17-9-4-2-1-3-8(9)16/h5-6,8-9,17H,1-4,16H2. The lowest BCUT2D eigenvalue weighted by Gasteiger charge is -2.29. The van der Waals surface area contributed by atoms with Crippen molar-refractivity contribution in [3.05, 3.63) is 28.0 Å². The molecule has 0 aliphatic heterocycles. The summed E-state index contributed by atoms with van der Waals surface area (Å²) >= 11 is 11.3. The van der Waals surface area contributed by atoms with Gasteiger partial charge in [-0.05, 0) is 25.0 Å². The fraction of sp³-hybridized carbons (Fsp3) is 0.500. The molecule has 0 aromatic heterocycles. The van der Waals surface area contributed by atoms with Crippen LogP contribution in [0.15, 0.2) is 17.0 Å². The van der Waals surface area contributed by atoms with Crippen molar-refractivity contribution in [3.63, 3.8) is 0 Å². The molecule has 0 saturated heterocycles. The molecule has 1 aliphatic rings. The highest BCUT2D eigenvalue weighted by Gasteiger charge is 2.29. The van der Waals surface area contributed by atoms with Crippen LogP contribution in [0, 0.1) is 5.82 Å². The summed E-state index contributed by atoms with van der Waals surface area (Å²) in [4.78, 5) is -0.321. The van der Waals surface area contributed by atoms with E-state index in [4.69, 9.17) is 28.9 Å². The Kier molecular flexibility index (Phi) is 4.92. The number of hydrogen-bond acceptors (Lipinski definition) is 3. The topological polar surface area (TPSA) is 72.2 Å². The molecular weight excluding hydrogens is 326 g/mol. The van der Waals surface area contributed by atoms with E-state index in [0.29, 0.717) is 6.42 Å². The summed E-state index contributed by atoms with van der Waals surface area (Å²) in [6.07, 6.45) is 3.31. The molecule has 1 aromatic carbocycles. The number of hydrogen-bond donors (Lipinski definition) is 2. The van der Waals surface area contributed by atoms with Crippen LogP contribution in [0.1, 0.15) is 25.7 Å². The summed E-state index contributed by atoms with van der Waals surface area (Å²) in [6, 6.07) is 1.75. The highest BCUT2D eigenvalue weighted by atomic mass is 35.5. The number of halogens is 3. The molecule has 20 heavy (non-hydrogen) atoms. The van der Waals surface area contributed by atoms with Crippen LogP contribution in [0.25, 0.3) is 0 Å². The van der Waals surface area contributed by atoms with Gasteiger partial charge < -0.3 is 5.73 Å². The Balaban J connectivity index is 2.29. The first-order valence-corrected chi connectivity index (χ1v) is 8.48. The van der Waals surface area contributed by atoms with Crippen LogP contribution in [0.2, 0.25) is 10.0 Å². The number of sulfonamides is 1. The van der Waals surface area contributed by atoms with Crippen molar-refractivity contribution >= 4 is 33.2 Å². The van der Waals surface area contributed by atoms with Crippen molar-refractivity contribution in [2.45, 2.75) is 42.7 Å². The van der Waals surface area contributed by atoms with Crippen molar-refractivity contribution in [1.29, 1.82) is 0 Å². The van der Waals surface area contributed by atoms with Gasteiger partial charge in [0.2, 0.25) is 10.0 Å². The van der Waals surface area contributed by atoms with Crippen molar-refractivity contribution < 1.29 is 12.8 Å². The Hall–Kier alpha value is -0.400. The third-order valence-electron chi connectivity index (χ3n) is 3.42. The molecule has 4 nitrogen and oxygen atoms in total. The minimum atomic E-state index is -3.92. The molecule has 3 N–H and O–H groups in total. The minimum Gasteiger partial charge on any atom is -0.326 e. The van der Waals surface area contributed by atoms with E-state index in [1.165, 1.54) is 6.07 Å². The van der Waals surface area contributed by atoms with Crippen molar-refractivity contribution in [3.8, 4) is 0 Å². The summed E-state index contributed by atoms with van der Waals surface area (Å²) in [5.41, 5.74) is 5.90. The van der Waals surface area contributed by atoms with E-state index in [1.54, 1.807) is 0 Å². The van der Waals surface area contributed by atoms with E-state index in [0.717, 1.165) is 25.3 Å². The quantitative estimate of drug-likeness (QED) is 0.831. The van der Waals surface area contributed by atoms with E-state index in [1.807, 2.05) is 0 Å². The molecule has 2 atom stereocenters. The van der Waals surface area contributed by atoms with E-state index in [-0.39, 0.29) is 22.0 Å². The monoisotopic (exact) mass is 340 g/mol. The highest BCUT2D eigenvalue weighted by Crippen LogP contribution is 2.30. The van der Waals surface area contributed by atoms with Gasteiger partial charge in [-0.25, -0.2) is 17.5 Å². The second kappa shape index (κ2) is 6.15. The first kappa shape index (κ1) is 16.0. The van der Waals surface area contributed by atoms with E-state index < -0.39 is 20.9 Å². The first-order chi connectivity index (χ1) is 9.33. The van der Waals surface area contributed by atoms with Gasteiger partial charge in [-0.15, -0.1) is 0 Å². The van der Waals surface area contributed by atoms with Crippen molar-refractivity contribution in [2.24, 2.45) is 5.73 Å². The van der Waals surface area contributed by atoms with Crippen LogP contribution in [-0.2, 0) is 10.0 Å². The lowest BCUT2D eigenvalue weighted by molar-refractivity contribution is 0.361. The second-order valence-electron chi connectivity index (χ2n) is 4.85. The van der Waals surface area contributed by atoms with Gasteiger partial charge in [0.15, 0.2) is 5.82 Å². The van der Waals surface area contributed by atoms with Gasteiger partial charge >= 0.3 is 0 Å². The zero-order valence-electron chi connectivity index (χ0n) is 10.6. The number of benzene rings is 1. The number of nitrogens with two attached hydrogens (primary N) is 1. The summed E-state index contributed by atoms with van der Waals surface area (Å²) in [7, 11) is -3.92. The Bertz CT molecular complexity index is 610. The predicted molar refractivity (Wildman–Crippen MR) is 77.0 cm³/mol. The molecule has 0 spiro atoms. The van der Waals surface area contributed by atoms with Crippen LogP contribution in [-0.4, -0.2) is 20.5 Å². The van der Waals surface area contributed by atoms with Gasteiger partial charge in [-0.2, -0.15) is 0 Å². The average molecular weight is 341 g/mol. The van der Waals surface area contributed by atoms with Gasteiger partial charge in [0.1, 0.15) is 4.90 Å². The largest absolute Gasteiger partial charge is 0.326 e. The third kappa shape index (κ3) is 3.26. The van der Waals surface area contributed by atoms with Crippen molar-refractivity contribution in [2.75, 3.05) is 0 Å². The molecule has 1 aromatic rings. The molecule has 1 fully saturated rings. The summed E-state index contributed by atoms with van der Waals surface area (Å²) in [5, 5.41) is -0.724. The third-order valence-corrected chi connectivity index (χ3v) is 5.72. The summed E-state index contributed by atoms with van der Waals surface area (Å²) in [5.74, 6) is -0.941. The van der Waals surface area contributed by atoms with E-state index in [9.17, 15) is 12.8 Å². The predicted octanol–water partition coefficient (Wildman–Crippen LogP) is 2.68. The molecule has 112 valence electrons.